The summed E-state index contributed by atoms with van der Waals surface area (Å²) in [7, 11) is -3.14. The summed E-state index contributed by atoms with van der Waals surface area (Å²) in [4.78, 5) is 36.8. The van der Waals surface area contributed by atoms with Gasteiger partial charge in [-0.1, -0.05) is 12.1 Å². The molecule has 45 heavy (non-hydrogen) atoms. The molecular formula is C33H43N7O4S. The number of amides is 3. The van der Waals surface area contributed by atoms with Crippen LogP contribution in [0.15, 0.2) is 42.6 Å². The number of carbonyl (C=O) groups excluding carboxylic acids is 2. The van der Waals surface area contributed by atoms with E-state index in [0.29, 0.717) is 63.4 Å². The molecule has 5 saturated carbocycles. The number of aromatic nitrogens is 1. The maximum Gasteiger partial charge on any atom is 0.322 e. The van der Waals surface area contributed by atoms with Gasteiger partial charge in [0, 0.05) is 51.7 Å². The van der Waals surface area contributed by atoms with Crippen LogP contribution >= 0.6 is 0 Å². The number of nitrogens with zero attached hydrogens (tertiary/aromatic N) is 5. The molecule has 11 nitrogen and oxygen atoms in total. The molecule has 3 heterocycles. The van der Waals surface area contributed by atoms with Gasteiger partial charge < -0.3 is 20.9 Å². The SMILES string of the molecule is NC(=O)CC12CC3CC(C1)C(NC(=O)N1CCN(c4ccc(N5CCN(S(=O)(=O)C6CC6)CC5)cn4)c4ccccc41)C(C3)C2. The van der Waals surface area contributed by atoms with Crippen molar-refractivity contribution in [3.05, 3.63) is 42.6 Å². The Hall–Kier alpha value is -3.38. The molecule has 1 aromatic heterocycles. The van der Waals surface area contributed by atoms with Crippen molar-refractivity contribution in [2.24, 2.45) is 28.9 Å². The van der Waals surface area contributed by atoms with E-state index in [1.54, 1.807) is 4.31 Å². The molecule has 12 heteroatoms. The number of pyridine rings is 1. The summed E-state index contributed by atoms with van der Waals surface area (Å²) in [5.41, 5.74) is 8.49. The first-order valence-corrected chi connectivity index (χ1v) is 18.1. The molecule has 3 amide bonds. The number of nitrogens with two attached hydrogens (primary N) is 1. The van der Waals surface area contributed by atoms with Crippen LogP contribution in [0.1, 0.15) is 51.4 Å². The van der Waals surface area contributed by atoms with Gasteiger partial charge in [0.15, 0.2) is 0 Å². The number of rotatable bonds is 7. The third-order valence-electron chi connectivity index (χ3n) is 11.4. The standard InChI is InChI=1S/C33H43N7O4S/c34-29(41)20-33-17-22-15-23(18-33)31(24(16-22)19-33)36-32(42)40-14-13-39(27-3-1-2-4-28(27)40)30-8-5-25(21-35-30)37-9-11-38(12-10-37)45(43,44)26-6-7-26/h1-5,8,21-24,26,31H,6-7,9-20H2,(H2,34,41)(H,36,42). The highest BCUT2D eigenvalue weighted by molar-refractivity contribution is 7.90. The van der Waals surface area contributed by atoms with Crippen LogP contribution in [0.2, 0.25) is 0 Å². The molecular weight excluding hydrogens is 590 g/mol. The predicted octanol–water partition coefficient (Wildman–Crippen LogP) is 3.43. The monoisotopic (exact) mass is 633 g/mol. The fourth-order valence-electron chi connectivity index (χ4n) is 9.55. The molecule has 2 aliphatic heterocycles. The molecule has 0 radical (unpaired) electrons. The summed E-state index contributed by atoms with van der Waals surface area (Å²) >= 11 is 0. The van der Waals surface area contributed by atoms with E-state index in [2.05, 4.69) is 21.2 Å². The van der Waals surface area contributed by atoms with E-state index >= 15 is 0 Å². The van der Waals surface area contributed by atoms with Crippen molar-refractivity contribution < 1.29 is 18.0 Å². The Morgan fingerprint density at radius 1 is 0.911 bits per heavy atom. The van der Waals surface area contributed by atoms with Crippen LogP contribution in [-0.2, 0) is 14.8 Å². The minimum absolute atomic E-state index is 0.0371. The fraction of sp³-hybridized carbons (Fsp3) is 0.606. The van der Waals surface area contributed by atoms with Gasteiger partial charge in [0.05, 0.1) is 28.5 Å². The summed E-state index contributed by atoms with van der Waals surface area (Å²) in [6.45, 7) is 3.48. The number of piperazine rings is 1. The first-order valence-electron chi connectivity index (χ1n) is 16.6. The minimum Gasteiger partial charge on any atom is -0.370 e. The number of hydrogen-bond acceptors (Lipinski definition) is 7. The molecule has 3 N–H and O–H groups in total. The van der Waals surface area contributed by atoms with Crippen LogP contribution in [0.5, 0.6) is 0 Å². The average molecular weight is 634 g/mol. The molecule has 4 bridgehead atoms. The predicted molar refractivity (Wildman–Crippen MR) is 173 cm³/mol. The van der Waals surface area contributed by atoms with Gasteiger partial charge in [-0.3, -0.25) is 9.69 Å². The van der Waals surface area contributed by atoms with Crippen molar-refractivity contribution in [3.63, 3.8) is 0 Å². The number of fused-ring (bicyclic) bond motifs is 1. The summed E-state index contributed by atoms with van der Waals surface area (Å²) in [5.74, 6) is 2.08. The summed E-state index contributed by atoms with van der Waals surface area (Å²) in [6, 6.07) is 12.2. The van der Waals surface area contributed by atoms with E-state index in [9.17, 15) is 18.0 Å². The van der Waals surface area contributed by atoms with E-state index in [1.165, 1.54) is 0 Å². The van der Waals surface area contributed by atoms with E-state index in [0.717, 1.165) is 67.8 Å². The fourth-order valence-corrected chi connectivity index (χ4v) is 11.4. The van der Waals surface area contributed by atoms with E-state index in [4.69, 9.17) is 10.7 Å². The molecule has 1 aromatic carbocycles. The number of hydrogen-bond donors (Lipinski definition) is 2. The van der Waals surface area contributed by atoms with Crippen molar-refractivity contribution in [1.29, 1.82) is 0 Å². The minimum atomic E-state index is -3.14. The molecule has 5 aliphatic carbocycles. The Kier molecular flexibility index (Phi) is 7.01. The third-order valence-corrected chi connectivity index (χ3v) is 13.8. The zero-order valence-corrected chi connectivity index (χ0v) is 26.5. The number of primary amides is 1. The zero-order chi connectivity index (χ0) is 30.9. The molecule has 2 aromatic rings. The second-order valence-corrected chi connectivity index (χ2v) is 16.6. The number of para-hydroxylation sites is 2. The lowest BCUT2D eigenvalue weighted by Gasteiger charge is -2.60. The van der Waals surface area contributed by atoms with E-state index < -0.39 is 10.0 Å². The number of urea groups is 1. The average Bonchev–Trinajstić information content (AvgIpc) is 3.88. The zero-order valence-electron chi connectivity index (χ0n) is 25.7. The smallest absolute Gasteiger partial charge is 0.322 e. The van der Waals surface area contributed by atoms with Gasteiger partial charge in [0.2, 0.25) is 15.9 Å². The molecule has 9 rings (SSSR count). The summed E-state index contributed by atoms with van der Waals surface area (Å²) in [6.07, 6.45) is 9.25. The van der Waals surface area contributed by atoms with Crippen LogP contribution in [0, 0.1) is 23.2 Å². The lowest BCUT2D eigenvalue weighted by Crippen LogP contribution is -2.61. The topological polar surface area (TPSA) is 132 Å². The van der Waals surface area contributed by atoms with Crippen molar-refractivity contribution in [2.45, 2.75) is 62.7 Å². The maximum absolute atomic E-state index is 13.9. The van der Waals surface area contributed by atoms with E-state index in [-0.39, 0.29) is 28.6 Å². The number of anilines is 4. The lowest BCUT2D eigenvalue weighted by molar-refractivity contribution is -0.128. The van der Waals surface area contributed by atoms with Gasteiger partial charge >= 0.3 is 6.03 Å². The highest BCUT2D eigenvalue weighted by Gasteiger charge is 2.56. The van der Waals surface area contributed by atoms with E-state index in [1.807, 2.05) is 41.4 Å². The first-order chi connectivity index (χ1) is 21.7. The highest BCUT2D eigenvalue weighted by atomic mass is 32.2. The van der Waals surface area contributed by atoms with Crippen LogP contribution in [0.3, 0.4) is 0 Å². The van der Waals surface area contributed by atoms with Gasteiger partial charge in [-0.2, -0.15) is 4.31 Å². The number of nitrogens with one attached hydrogen (secondary N) is 1. The summed E-state index contributed by atoms with van der Waals surface area (Å²) < 4.78 is 26.9. The van der Waals surface area contributed by atoms with Gasteiger partial charge in [0.25, 0.3) is 0 Å². The van der Waals surface area contributed by atoms with Crippen LogP contribution < -0.4 is 25.8 Å². The quantitative estimate of drug-likeness (QED) is 0.478. The third kappa shape index (κ3) is 5.23. The summed E-state index contributed by atoms with van der Waals surface area (Å²) in [5, 5.41) is 3.29. The lowest BCUT2D eigenvalue weighted by atomic mass is 9.47. The first kappa shape index (κ1) is 29.1. The van der Waals surface area contributed by atoms with Crippen molar-refractivity contribution in [1.82, 2.24) is 14.6 Å². The second kappa shape index (κ2) is 10.9. The van der Waals surface area contributed by atoms with Crippen molar-refractivity contribution in [2.75, 3.05) is 54.0 Å². The molecule has 6 fully saturated rings. The van der Waals surface area contributed by atoms with Crippen molar-refractivity contribution >= 4 is 44.8 Å². The normalized spacial score (nSPS) is 31.2. The molecule has 7 aliphatic rings. The van der Waals surface area contributed by atoms with Gasteiger partial charge in [-0.15, -0.1) is 0 Å². The maximum atomic E-state index is 13.9. The Labute approximate surface area is 265 Å². The van der Waals surface area contributed by atoms with Crippen LogP contribution in [0.25, 0.3) is 0 Å². The Balaban J connectivity index is 0.938. The Morgan fingerprint density at radius 2 is 1.62 bits per heavy atom. The number of sulfonamides is 1. The van der Waals surface area contributed by atoms with Crippen LogP contribution in [0.4, 0.5) is 27.7 Å². The van der Waals surface area contributed by atoms with Gasteiger partial charge in [-0.25, -0.2) is 18.2 Å². The molecule has 2 unspecified atom stereocenters. The van der Waals surface area contributed by atoms with Crippen molar-refractivity contribution in [3.8, 4) is 0 Å². The highest BCUT2D eigenvalue weighted by Crippen LogP contribution is 2.61. The molecule has 2 atom stereocenters. The second-order valence-electron chi connectivity index (χ2n) is 14.4. The van der Waals surface area contributed by atoms with Crippen LogP contribution in [-0.4, -0.2) is 80.2 Å². The Bertz CT molecular complexity index is 1570. The molecule has 1 saturated heterocycles. The Morgan fingerprint density at radius 3 is 2.27 bits per heavy atom. The molecule has 240 valence electrons. The molecule has 0 spiro atoms. The number of benzene rings is 1. The number of carbonyl (C=O) groups is 2. The largest absolute Gasteiger partial charge is 0.370 e. The van der Waals surface area contributed by atoms with Gasteiger partial charge in [-0.05, 0) is 92.4 Å². The van der Waals surface area contributed by atoms with Gasteiger partial charge in [0.1, 0.15) is 5.82 Å².